The molecule has 2 rings (SSSR count). The average Bonchev–Trinajstić information content (AvgIpc) is 2.17. The van der Waals surface area contributed by atoms with Gasteiger partial charge in [0, 0.05) is 0 Å². The summed E-state index contributed by atoms with van der Waals surface area (Å²) in [6.45, 7) is 4.04. The summed E-state index contributed by atoms with van der Waals surface area (Å²) in [6, 6.07) is 0. The lowest BCUT2D eigenvalue weighted by molar-refractivity contribution is -0.166. The van der Waals surface area contributed by atoms with Crippen LogP contribution in [0.3, 0.4) is 0 Å². The second-order valence-corrected chi connectivity index (χ2v) is 4.72. The molecule has 80 valence electrons. The Morgan fingerprint density at radius 2 is 2.00 bits per heavy atom. The first-order valence-electron chi connectivity index (χ1n) is 5.66. The zero-order valence-corrected chi connectivity index (χ0v) is 8.83. The van der Waals surface area contributed by atoms with Crippen molar-refractivity contribution in [1.29, 1.82) is 0 Å². The molecule has 14 heavy (non-hydrogen) atoms. The topological polar surface area (TPSA) is 40.5 Å². The van der Waals surface area contributed by atoms with Crippen LogP contribution in [-0.2, 0) is 4.79 Å². The van der Waals surface area contributed by atoms with Gasteiger partial charge in [-0.05, 0) is 44.7 Å². The maximum Gasteiger partial charge on any atom is 0.324 e. The van der Waals surface area contributed by atoms with E-state index in [9.17, 15) is 9.90 Å². The van der Waals surface area contributed by atoms with Crippen molar-refractivity contribution < 1.29 is 9.90 Å². The quantitative estimate of drug-likeness (QED) is 0.733. The van der Waals surface area contributed by atoms with Crippen LogP contribution in [0.2, 0.25) is 0 Å². The lowest BCUT2D eigenvalue weighted by Crippen LogP contribution is -2.65. The first-order valence-corrected chi connectivity index (χ1v) is 5.66. The molecule has 3 nitrogen and oxygen atoms in total. The van der Waals surface area contributed by atoms with Crippen LogP contribution >= 0.6 is 0 Å². The number of piperidine rings is 1. The number of rotatable bonds is 2. The summed E-state index contributed by atoms with van der Waals surface area (Å²) in [7, 11) is 0. The van der Waals surface area contributed by atoms with Gasteiger partial charge in [0.2, 0.25) is 0 Å². The summed E-state index contributed by atoms with van der Waals surface area (Å²) in [4.78, 5) is 13.6. The minimum Gasteiger partial charge on any atom is -0.480 e. The van der Waals surface area contributed by atoms with Crippen molar-refractivity contribution in [1.82, 2.24) is 4.90 Å². The Hall–Kier alpha value is -0.570. The highest BCUT2D eigenvalue weighted by molar-refractivity contribution is 5.80. The third-order valence-corrected chi connectivity index (χ3v) is 4.06. The molecule has 2 fully saturated rings. The van der Waals surface area contributed by atoms with E-state index in [1.807, 2.05) is 0 Å². The molecule has 0 aromatic rings. The summed E-state index contributed by atoms with van der Waals surface area (Å²) in [5, 5.41) is 9.36. The van der Waals surface area contributed by atoms with Gasteiger partial charge >= 0.3 is 5.97 Å². The highest BCUT2D eigenvalue weighted by Gasteiger charge is 2.54. The monoisotopic (exact) mass is 197 g/mol. The van der Waals surface area contributed by atoms with E-state index in [1.54, 1.807) is 0 Å². The molecule has 0 aromatic carbocycles. The molecule has 0 bridgehead atoms. The van der Waals surface area contributed by atoms with E-state index in [2.05, 4.69) is 11.8 Å². The molecule has 1 aliphatic heterocycles. The van der Waals surface area contributed by atoms with Gasteiger partial charge in [0.25, 0.3) is 0 Å². The first kappa shape index (κ1) is 9.97. The minimum absolute atomic E-state index is 0.332. The van der Waals surface area contributed by atoms with Gasteiger partial charge < -0.3 is 5.11 Å². The van der Waals surface area contributed by atoms with E-state index in [0.29, 0.717) is 5.92 Å². The van der Waals surface area contributed by atoms with E-state index in [1.165, 1.54) is 19.3 Å². The number of carbonyl (C=O) groups is 1. The van der Waals surface area contributed by atoms with Gasteiger partial charge in [-0.25, -0.2) is 0 Å². The van der Waals surface area contributed by atoms with Crippen molar-refractivity contribution in [2.75, 3.05) is 13.1 Å². The molecule has 1 aliphatic carbocycles. The number of likely N-dealkylation sites (tertiary alicyclic amines) is 1. The van der Waals surface area contributed by atoms with Crippen LogP contribution in [0.5, 0.6) is 0 Å². The molecule has 0 amide bonds. The molecule has 1 saturated carbocycles. The second-order valence-electron chi connectivity index (χ2n) is 4.72. The van der Waals surface area contributed by atoms with Crippen molar-refractivity contribution in [3.8, 4) is 0 Å². The van der Waals surface area contributed by atoms with Crippen molar-refractivity contribution in [2.24, 2.45) is 5.92 Å². The SMILES string of the molecule is CC1CCC1(C(=O)O)N1CCCCC1. The Labute approximate surface area is 85.1 Å². The standard InChI is InChI=1S/C11H19NO2/c1-9-5-6-11(9,10(13)14)12-7-3-2-4-8-12/h9H,2-8H2,1H3,(H,13,14). The van der Waals surface area contributed by atoms with Crippen LogP contribution in [0.15, 0.2) is 0 Å². The molecule has 1 heterocycles. The van der Waals surface area contributed by atoms with Crippen LogP contribution < -0.4 is 0 Å². The van der Waals surface area contributed by atoms with E-state index in [4.69, 9.17) is 0 Å². The Kier molecular flexibility index (Phi) is 2.52. The number of hydrogen-bond donors (Lipinski definition) is 1. The normalized spacial score (nSPS) is 39.1. The van der Waals surface area contributed by atoms with Crippen molar-refractivity contribution in [3.05, 3.63) is 0 Å². The Bertz CT molecular complexity index is 235. The van der Waals surface area contributed by atoms with Gasteiger partial charge in [-0.2, -0.15) is 0 Å². The van der Waals surface area contributed by atoms with Crippen LogP contribution in [0.25, 0.3) is 0 Å². The molecule has 0 radical (unpaired) electrons. The van der Waals surface area contributed by atoms with Crippen molar-refractivity contribution in [3.63, 3.8) is 0 Å². The predicted molar refractivity (Wildman–Crippen MR) is 54.2 cm³/mol. The number of nitrogens with zero attached hydrogens (tertiary/aromatic N) is 1. The molecule has 2 unspecified atom stereocenters. The van der Waals surface area contributed by atoms with Crippen molar-refractivity contribution in [2.45, 2.75) is 44.6 Å². The number of carboxylic acids is 1. The third-order valence-electron chi connectivity index (χ3n) is 4.06. The molecule has 2 aliphatic rings. The summed E-state index contributed by atoms with van der Waals surface area (Å²) in [5.41, 5.74) is -0.500. The zero-order valence-electron chi connectivity index (χ0n) is 8.83. The van der Waals surface area contributed by atoms with Gasteiger partial charge in [-0.1, -0.05) is 13.3 Å². The largest absolute Gasteiger partial charge is 0.480 e. The van der Waals surface area contributed by atoms with E-state index >= 15 is 0 Å². The van der Waals surface area contributed by atoms with Crippen molar-refractivity contribution >= 4 is 5.97 Å². The van der Waals surface area contributed by atoms with Gasteiger partial charge in [-0.15, -0.1) is 0 Å². The fourth-order valence-electron chi connectivity index (χ4n) is 2.92. The van der Waals surface area contributed by atoms with Gasteiger partial charge in [0.1, 0.15) is 5.54 Å². The van der Waals surface area contributed by atoms with Gasteiger partial charge in [0.05, 0.1) is 0 Å². The fourth-order valence-corrected chi connectivity index (χ4v) is 2.92. The van der Waals surface area contributed by atoms with E-state index < -0.39 is 11.5 Å². The lowest BCUT2D eigenvalue weighted by atomic mass is 9.66. The molecule has 0 aromatic heterocycles. The second kappa shape index (κ2) is 3.54. The number of carboxylic acid groups (broad SMARTS) is 1. The molecule has 0 spiro atoms. The predicted octanol–water partition coefficient (Wildman–Crippen LogP) is 1.73. The zero-order chi connectivity index (χ0) is 10.2. The van der Waals surface area contributed by atoms with E-state index in [-0.39, 0.29) is 0 Å². The maximum absolute atomic E-state index is 11.4. The summed E-state index contributed by atoms with van der Waals surface area (Å²) < 4.78 is 0. The molecular formula is C11H19NO2. The first-order chi connectivity index (χ1) is 6.68. The van der Waals surface area contributed by atoms with Crippen LogP contribution in [0, 0.1) is 5.92 Å². The number of hydrogen-bond acceptors (Lipinski definition) is 2. The van der Waals surface area contributed by atoms with Gasteiger partial charge in [0.15, 0.2) is 0 Å². The van der Waals surface area contributed by atoms with Crippen LogP contribution in [-0.4, -0.2) is 34.6 Å². The summed E-state index contributed by atoms with van der Waals surface area (Å²) in [5.74, 6) is -0.267. The molecule has 2 atom stereocenters. The molecule has 3 heteroatoms. The lowest BCUT2D eigenvalue weighted by Gasteiger charge is -2.53. The Morgan fingerprint density at radius 1 is 1.36 bits per heavy atom. The summed E-state index contributed by atoms with van der Waals surface area (Å²) >= 11 is 0. The van der Waals surface area contributed by atoms with Gasteiger partial charge in [-0.3, -0.25) is 9.69 Å². The maximum atomic E-state index is 11.4. The highest BCUT2D eigenvalue weighted by atomic mass is 16.4. The molecular weight excluding hydrogens is 178 g/mol. The fraction of sp³-hybridized carbons (Fsp3) is 0.909. The smallest absolute Gasteiger partial charge is 0.324 e. The Balaban J connectivity index is 2.13. The van der Waals surface area contributed by atoms with Crippen LogP contribution in [0.1, 0.15) is 39.0 Å². The molecule has 1 saturated heterocycles. The summed E-state index contributed by atoms with van der Waals surface area (Å²) in [6.07, 6.45) is 5.52. The van der Waals surface area contributed by atoms with Crippen LogP contribution in [0.4, 0.5) is 0 Å². The third kappa shape index (κ3) is 1.26. The number of aliphatic carboxylic acids is 1. The van der Waals surface area contributed by atoms with E-state index in [0.717, 1.165) is 25.9 Å². The average molecular weight is 197 g/mol. The Morgan fingerprint density at radius 3 is 2.36 bits per heavy atom. The molecule has 1 N–H and O–H groups in total. The highest BCUT2D eigenvalue weighted by Crippen LogP contribution is 2.44. The minimum atomic E-state index is -0.599.